The van der Waals surface area contributed by atoms with Crippen molar-refractivity contribution < 1.29 is 9.59 Å². The Hall–Kier alpha value is -2.59. The van der Waals surface area contributed by atoms with Gasteiger partial charge in [0.1, 0.15) is 0 Å². The summed E-state index contributed by atoms with van der Waals surface area (Å²) >= 11 is 0.969. The number of carbonyl (C=O) groups is 2. The molecule has 1 aliphatic rings. The van der Waals surface area contributed by atoms with Gasteiger partial charge in [0, 0.05) is 6.54 Å². The second-order valence-electron chi connectivity index (χ2n) is 5.07. The van der Waals surface area contributed by atoms with Crippen LogP contribution < -0.4 is 0 Å². The lowest BCUT2D eigenvalue weighted by atomic mass is 10.0. The van der Waals surface area contributed by atoms with Gasteiger partial charge < -0.3 is 0 Å². The third kappa shape index (κ3) is 3.27. The van der Waals surface area contributed by atoms with Gasteiger partial charge in [-0.15, -0.1) is 6.58 Å². The zero-order valence-corrected chi connectivity index (χ0v) is 13.3. The first kappa shape index (κ1) is 15.3. The fourth-order valence-electron chi connectivity index (χ4n) is 2.38. The lowest BCUT2D eigenvalue weighted by molar-refractivity contribution is -0.122. The molecule has 0 saturated carbocycles. The Morgan fingerprint density at radius 1 is 1.00 bits per heavy atom. The molecule has 114 valence electrons. The molecule has 0 aliphatic carbocycles. The number of amides is 2. The second-order valence-corrected chi connectivity index (χ2v) is 6.07. The summed E-state index contributed by atoms with van der Waals surface area (Å²) in [6.45, 7) is 3.81. The number of benzene rings is 2. The Morgan fingerprint density at radius 2 is 1.74 bits per heavy atom. The summed E-state index contributed by atoms with van der Waals surface area (Å²) in [5.41, 5.74) is 3.09. The average molecular weight is 321 g/mol. The second kappa shape index (κ2) is 6.67. The highest BCUT2D eigenvalue weighted by Crippen LogP contribution is 2.32. The molecule has 23 heavy (non-hydrogen) atoms. The fraction of sp³-hybridized carbons (Fsp3) is 0.0526. The SMILES string of the molecule is C=CCN1C(=O)S/C(=C\c2cccc(-c3ccccc3)c2)C1=O. The van der Waals surface area contributed by atoms with Crippen LogP contribution in [-0.2, 0) is 4.79 Å². The van der Waals surface area contributed by atoms with Crippen molar-refractivity contribution in [3.63, 3.8) is 0 Å². The van der Waals surface area contributed by atoms with E-state index in [0.29, 0.717) is 4.91 Å². The van der Waals surface area contributed by atoms with E-state index < -0.39 is 0 Å². The van der Waals surface area contributed by atoms with Gasteiger partial charge in [-0.1, -0.05) is 54.6 Å². The van der Waals surface area contributed by atoms with Crippen molar-refractivity contribution in [2.45, 2.75) is 0 Å². The van der Waals surface area contributed by atoms with Gasteiger partial charge in [-0.05, 0) is 40.6 Å². The molecule has 0 atom stereocenters. The molecule has 1 fully saturated rings. The number of nitrogens with zero attached hydrogens (tertiary/aromatic N) is 1. The normalized spacial score (nSPS) is 16.2. The van der Waals surface area contributed by atoms with Gasteiger partial charge in [0.05, 0.1) is 4.91 Å². The quantitative estimate of drug-likeness (QED) is 0.611. The number of hydrogen-bond acceptors (Lipinski definition) is 3. The summed E-state index contributed by atoms with van der Waals surface area (Å²) in [7, 11) is 0. The molecule has 3 rings (SSSR count). The van der Waals surface area contributed by atoms with Gasteiger partial charge in [0.2, 0.25) is 0 Å². The van der Waals surface area contributed by atoms with Gasteiger partial charge in [-0.2, -0.15) is 0 Å². The summed E-state index contributed by atoms with van der Waals surface area (Å²) in [5.74, 6) is -0.259. The maximum atomic E-state index is 12.2. The third-order valence-corrected chi connectivity index (χ3v) is 4.38. The molecule has 1 heterocycles. The number of hydrogen-bond donors (Lipinski definition) is 0. The smallest absolute Gasteiger partial charge is 0.268 e. The van der Waals surface area contributed by atoms with Crippen molar-refractivity contribution in [2.24, 2.45) is 0 Å². The van der Waals surface area contributed by atoms with Crippen LogP contribution in [0.4, 0.5) is 4.79 Å². The van der Waals surface area contributed by atoms with Crippen LogP contribution in [-0.4, -0.2) is 22.6 Å². The molecule has 3 nitrogen and oxygen atoms in total. The Morgan fingerprint density at radius 3 is 2.48 bits per heavy atom. The maximum Gasteiger partial charge on any atom is 0.293 e. The molecule has 2 amide bonds. The molecule has 0 aromatic heterocycles. The Kier molecular flexibility index (Phi) is 4.44. The summed E-state index contributed by atoms with van der Waals surface area (Å²) in [4.78, 5) is 25.7. The summed E-state index contributed by atoms with van der Waals surface area (Å²) in [6.07, 6.45) is 3.32. The molecule has 2 aromatic rings. The van der Waals surface area contributed by atoms with E-state index in [1.54, 1.807) is 12.2 Å². The molecular weight excluding hydrogens is 306 g/mol. The molecule has 0 N–H and O–H groups in total. The first-order valence-electron chi connectivity index (χ1n) is 7.21. The molecule has 1 aliphatic heterocycles. The lowest BCUT2D eigenvalue weighted by Gasteiger charge is -2.07. The van der Waals surface area contributed by atoms with Crippen LogP contribution in [0.1, 0.15) is 5.56 Å². The van der Waals surface area contributed by atoms with Crippen LogP contribution in [0.25, 0.3) is 17.2 Å². The minimum atomic E-state index is -0.259. The van der Waals surface area contributed by atoms with Crippen LogP contribution in [0.5, 0.6) is 0 Å². The van der Waals surface area contributed by atoms with Crippen molar-refractivity contribution >= 4 is 29.0 Å². The van der Waals surface area contributed by atoms with Crippen molar-refractivity contribution in [1.29, 1.82) is 0 Å². The predicted molar refractivity (Wildman–Crippen MR) is 94.8 cm³/mol. The zero-order valence-electron chi connectivity index (χ0n) is 12.4. The first-order valence-corrected chi connectivity index (χ1v) is 8.02. The van der Waals surface area contributed by atoms with E-state index in [9.17, 15) is 9.59 Å². The third-order valence-electron chi connectivity index (χ3n) is 3.48. The summed E-state index contributed by atoms with van der Waals surface area (Å²) in [6, 6.07) is 17.9. The minimum absolute atomic E-state index is 0.242. The van der Waals surface area contributed by atoms with Gasteiger partial charge in [0.15, 0.2) is 0 Å². The van der Waals surface area contributed by atoms with Gasteiger partial charge in [-0.25, -0.2) is 0 Å². The van der Waals surface area contributed by atoms with E-state index in [1.165, 1.54) is 4.90 Å². The maximum absolute atomic E-state index is 12.2. The number of carbonyl (C=O) groups excluding carboxylic acids is 2. The largest absolute Gasteiger partial charge is 0.293 e. The van der Waals surface area contributed by atoms with Crippen molar-refractivity contribution in [1.82, 2.24) is 4.90 Å². The molecule has 4 heteroatoms. The first-order chi connectivity index (χ1) is 11.2. The Bertz CT molecular complexity index is 796. The van der Waals surface area contributed by atoms with Crippen LogP contribution in [0.2, 0.25) is 0 Å². The highest BCUT2D eigenvalue weighted by molar-refractivity contribution is 8.18. The van der Waals surface area contributed by atoms with Gasteiger partial charge in [-0.3, -0.25) is 14.5 Å². The zero-order chi connectivity index (χ0) is 16.2. The topological polar surface area (TPSA) is 37.4 Å². The number of rotatable bonds is 4. The van der Waals surface area contributed by atoms with Crippen LogP contribution in [0.15, 0.2) is 72.2 Å². The molecule has 0 bridgehead atoms. The van der Waals surface area contributed by atoms with E-state index in [2.05, 4.69) is 6.58 Å². The summed E-state index contributed by atoms with van der Waals surface area (Å²) < 4.78 is 0. The highest BCUT2D eigenvalue weighted by Gasteiger charge is 2.33. The predicted octanol–water partition coefficient (Wildman–Crippen LogP) is 4.58. The molecule has 1 saturated heterocycles. The van der Waals surface area contributed by atoms with E-state index >= 15 is 0 Å². The fourth-order valence-corrected chi connectivity index (χ4v) is 3.22. The summed E-state index contributed by atoms with van der Waals surface area (Å²) in [5, 5.41) is -0.250. The van der Waals surface area contributed by atoms with Crippen molar-refractivity contribution in [3.05, 3.63) is 77.7 Å². The van der Waals surface area contributed by atoms with Crippen molar-refractivity contribution in [2.75, 3.05) is 6.54 Å². The van der Waals surface area contributed by atoms with E-state index in [0.717, 1.165) is 28.5 Å². The lowest BCUT2D eigenvalue weighted by Crippen LogP contribution is -2.27. The molecule has 0 spiro atoms. The number of imide groups is 1. The number of thioether (sulfide) groups is 1. The van der Waals surface area contributed by atoms with Crippen LogP contribution >= 0.6 is 11.8 Å². The molecule has 0 radical (unpaired) electrons. The highest BCUT2D eigenvalue weighted by atomic mass is 32.2. The van der Waals surface area contributed by atoms with Crippen molar-refractivity contribution in [3.8, 4) is 11.1 Å². The minimum Gasteiger partial charge on any atom is -0.268 e. The van der Waals surface area contributed by atoms with Crippen LogP contribution in [0, 0.1) is 0 Å². The van der Waals surface area contributed by atoms with E-state index in [1.807, 2.05) is 54.6 Å². The van der Waals surface area contributed by atoms with E-state index in [-0.39, 0.29) is 17.7 Å². The van der Waals surface area contributed by atoms with Crippen LogP contribution in [0.3, 0.4) is 0 Å². The molecular formula is C19H15NO2S. The van der Waals surface area contributed by atoms with E-state index in [4.69, 9.17) is 0 Å². The monoisotopic (exact) mass is 321 g/mol. The average Bonchev–Trinajstić information content (AvgIpc) is 2.84. The Labute approximate surface area is 139 Å². The standard InChI is InChI=1S/C19H15NO2S/c1-2-11-20-18(21)17(23-19(20)22)13-14-7-6-10-16(12-14)15-8-4-3-5-9-15/h2-10,12-13H,1,11H2/b17-13-. The molecule has 2 aromatic carbocycles. The molecule has 0 unspecified atom stereocenters. The van der Waals surface area contributed by atoms with Gasteiger partial charge in [0.25, 0.3) is 11.1 Å². The van der Waals surface area contributed by atoms with Gasteiger partial charge >= 0.3 is 0 Å². The Balaban J connectivity index is 1.90.